The third-order valence-corrected chi connectivity index (χ3v) is 5.76. The molecule has 4 rings (SSSR count). The summed E-state index contributed by atoms with van der Waals surface area (Å²) in [5.74, 6) is -0.934. The van der Waals surface area contributed by atoms with Crippen LogP contribution in [0, 0.1) is 10.1 Å². The Bertz CT molecular complexity index is 1060. The Kier molecular flexibility index (Phi) is 5.31. The van der Waals surface area contributed by atoms with Crippen molar-refractivity contribution in [1.29, 1.82) is 0 Å². The number of non-ortho nitro benzene ring substituents is 1. The molecule has 2 aromatic rings. The van der Waals surface area contributed by atoms with Crippen molar-refractivity contribution in [2.24, 2.45) is 0 Å². The highest BCUT2D eigenvalue weighted by Gasteiger charge is 2.49. The van der Waals surface area contributed by atoms with Crippen molar-refractivity contribution in [1.82, 2.24) is 4.90 Å². The van der Waals surface area contributed by atoms with Crippen LogP contribution in [-0.2, 0) is 9.59 Å². The minimum absolute atomic E-state index is 0.0953. The van der Waals surface area contributed by atoms with E-state index in [0.717, 1.165) is 23.3 Å². The van der Waals surface area contributed by atoms with Crippen LogP contribution in [0.25, 0.3) is 0 Å². The van der Waals surface area contributed by atoms with Gasteiger partial charge in [0.05, 0.1) is 17.0 Å². The highest BCUT2D eigenvalue weighted by Crippen LogP contribution is 2.35. The first-order valence-corrected chi connectivity index (χ1v) is 10.3. The standard InChI is InChI=1S/C23H23N3O5/c1-14(2)15-6-8-18(9-7-15)25-21(27)13-20(23(25)29)24(17-10-11-17)22(28)16-4-3-5-19(12-16)26(30)31/h3-9,12,14,17,20H,10-11,13H2,1-2H3. The summed E-state index contributed by atoms with van der Waals surface area (Å²) in [7, 11) is 0. The van der Waals surface area contributed by atoms with Crippen molar-refractivity contribution in [2.75, 3.05) is 4.90 Å². The molecular formula is C23H23N3O5. The average Bonchev–Trinajstić information content (AvgIpc) is 3.54. The van der Waals surface area contributed by atoms with Gasteiger partial charge >= 0.3 is 0 Å². The number of hydrogen-bond acceptors (Lipinski definition) is 5. The summed E-state index contributed by atoms with van der Waals surface area (Å²) in [5.41, 5.74) is 1.53. The molecule has 2 fully saturated rings. The molecular weight excluding hydrogens is 398 g/mol. The maximum absolute atomic E-state index is 13.2. The number of nitro groups is 1. The molecule has 1 heterocycles. The number of carbonyl (C=O) groups is 3. The molecule has 1 saturated heterocycles. The Morgan fingerprint density at radius 1 is 1.13 bits per heavy atom. The lowest BCUT2D eigenvalue weighted by molar-refractivity contribution is -0.384. The Morgan fingerprint density at radius 3 is 2.39 bits per heavy atom. The largest absolute Gasteiger partial charge is 0.323 e. The minimum atomic E-state index is -0.906. The van der Waals surface area contributed by atoms with E-state index in [1.54, 1.807) is 12.1 Å². The SMILES string of the molecule is CC(C)c1ccc(N2C(=O)CC(N(C(=O)c3cccc([N+](=O)[O-])c3)C3CC3)C2=O)cc1. The highest BCUT2D eigenvalue weighted by molar-refractivity contribution is 6.23. The van der Waals surface area contributed by atoms with Gasteiger partial charge in [-0.2, -0.15) is 0 Å². The zero-order chi connectivity index (χ0) is 22.3. The van der Waals surface area contributed by atoms with Crippen LogP contribution in [0.1, 0.15) is 54.9 Å². The van der Waals surface area contributed by atoms with Gasteiger partial charge < -0.3 is 4.90 Å². The maximum atomic E-state index is 13.2. The van der Waals surface area contributed by atoms with Crippen molar-refractivity contribution in [2.45, 2.75) is 51.1 Å². The Morgan fingerprint density at radius 2 is 1.81 bits per heavy atom. The van der Waals surface area contributed by atoms with Crippen molar-refractivity contribution < 1.29 is 19.3 Å². The summed E-state index contributed by atoms with van der Waals surface area (Å²) in [5, 5.41) is 11.1. The topological polar surface area (TPSA) is 101 Å². The molecule has 1 unspecified atom stereocenters. The van der Waals surface area contributed by atoms with E-state index in [9.17, 15) is 24.5 Å². The van der Waals surface area contributed by atoms with E-state index in [-0.39, 0.29) is 29.6 Å². The van der Waals surface area contributed by atoms with Gasteiger partial charge in [-0.15, -0.1) is 0 Å². The Hall–Kier alpha value is -3.55. The molecule has 2 aliphatic rings. The molecule has 1 atom stereocenters. The monoisotopic (exact) mass is 421 g/mol. The zero-order valence-electron chi connectivity index (χ0n) is 17.4. The van der Waals surface area contributed by atoms with Gasteiger partial charge in [0.2, 0.25) is 5.91 Å². The van der Waals surface area contributed by atoms with E-state index in [1.807, 2.05) is 12.1 Å². The van der Waals surface area contributed by atoms with Gasteiger partial charge in [0.25, 0.3) is 17.5 Å². The van der Waals surface area contributed by atoms with E-state index < -0.39 is 22.8 Å². The fourth-order valence-electron chi connectivity index (χ4n) is 3.93. The van der Waals surface area contributed by atoms with E-state index >= 15 is 0 Å². The third-order valence-electron chi connectivity index (χ3n) is 5.76. The van der Waals surface area contributed by atoms with Crippen molar-refractivity contribution in [3.05, 3.63) is 69.8 Å². The fraction of sp³-hybridized carbons (Fsp3) is 0.348. The molecule has 8 heteroatoms. The molecule has 0 bridgehead atoms. The molecule has 0 aromatic heterocycles. The van der Waals surface area contributed by atoms with Gasteiger partial charge in [-0.25, -0.2) is 4.90 Å². The lowest BCUT2D eigenvalue weighted by atomic mass is 10.0. The fourth-order valence-corrected chi connectivity index (χ4v) is 3.93. The summed E-state index contributed by atoms with van der Waals surface area (Å²) >= 11 is 0. The minimum Gasteiger partial charge on any atom is -0.323 e. The molecule has 31 heavy (non-hydrogen) atoms. The number of nitrogens with zero attached hydrogens (tertiary/aromatic N) is 3. The van der Waals surface area contributed by atoms with Gasteiger partial charge in [0.1, 0.15) is 6.04 Å². The van der Waals surface area contributed by atoms with Crippen LogP contribution in [0.3, 0.4) is 0 Å². The first-order valence-electron chi connectivity index (χ1n) is 10.3. The summed E-state index contributed by atoms with van der Waals surface area (Å²) in [4.78, 5) is 52.3. The van der Waals surface area contributed by atoms with Crippen LogP contribution in [0.5, 0.6) is 0 Å². The van der Waals surface area contributed by atoms with E-state index in [0.29, 0.717) is 11.6 Å². The lowest BCUT2D eigenvalue weighted by Gasteiger charge is -2.27. The summed E-state index contributed by atoms with van der Waals surface area (Å²) in [6.07, 6.45) is 1.38. The van der Waals surface area contributed by atoms with Gasteiger partial charge in [0, 0.05) is 23.7 Å². The van der Waals surface area contributed by atoms with Crippen molar-refractivity contribution in [3.8, 4) is 0 Å². The number of amides is 3. The molecule has 8 nitrogen and oxygen atoms in total. The average molecular weight is 421 g/mol. The molecule has 0 radical (unpaired) electrons. The predicted molar refractivity (Wildman–Crippen MR) is 114 cm³/mol. The highest BCUT2D eigenvalue weighted by atomic mass is 16.6. The van der Waals surface area contributed by atoms with Crippen LogP contribution < -0.4 is 4.90 Å². The molecule has 0 spiro atoms. The molecule has 2 aromatic carbocycles. The van der Waals surface area contributed by atoms with E-state index in [1.165, 1.54) is 29.2 Å². The molecule has 0 N–H and O–H groups in total. The number of rotatable bonds is 6. The van der Waals surface area contributed by atoms with E-state index in [2.05, 4.69) is 13.8 Å². The zero-order valence-corrected chi connectivity index (χ0v) is 17.4. The van der Waals surface area contributed by atoms with Crippen LogP contribution in [0.4, 0.5) is 11.4 Å². The van der Waals surface area contributed by atoms with Crippen LogP contribution in [0.15, 0.2) is 48.5 Å². The Balaban J connectivity index is 1.62. The van der Waals surface area contributed by atoms with Crippen molar-refractivity contribution >= 4 is 29.1 Å². The van der Waals surface area contributed by atoms with E-state index in [4.69, 9.17) is 0 Å². The maximum Gasteiger partial charge on any atom is 0.270 e. The molecule has 160 valence electrons. The first-order chi connectivity index (χ1) is 14.8. The number of benzene rings is 2. The predicted octanol–water partition coefficient (Wildman–Crippen LogP) is 3.65. The Labute approximate surface area is 179 Å². The normalized spacial score (nSPS) is 18.5. The molecule has 3 amide bonds. The number of anilines is 1. The third kappa shape index (κ3) is 3.93. The number of nitro benzene ring substituents is 1. The lowest BCUT2D eigenvalue weighted by Crippen LogP contribution is -2.46. The summed E-state index contributed by atoms with van der Waals surface area (Å²) < 4.78 is 0. The number of carbonyl (C=O) groups excluding carboxylic acids is 3. The molecule has 1 aliphatic carbocycles. The van der Waals surface area contributed by atoms with Crippen molar-refractivity contribution in [3.63, 3.8) is 0 Å². The van der Waals surface area contributed by atoms with Crippen LogP contribution in [0.2, 0.25) is 0 Å². The second kappa shape index (κ2) is 7.94. The first kappa shape index (κ1) is 20.7. The molecule has 1 aliphatic heterocycles. The smallest absolute Gasteiger partial charge is 0.270 e. The summed E-state index contributed by atoms with van der Waals surface area (Å²) in [6, 6.07) is 11.7. The van der Waals surface area contributed by atoms with Gasteiger partial charge in [0.15, 0.2) is 0 Å². The quantitative estimate of drug-likeness (QED) is 0.403. The second-order valence-electron chi connectivity index (χ2n) is 8.28. The van der Waals surface area contributed by atoms with Gasteiger partial charge in [-0.3, -0.25) is 24.5 Å². The van der Waals surface area contributed by atoms with Gasteiger partial charge in [-0.05, 0) is 42.5 Å². The van der Waals surface area contributed by atoms with Gasteiger partial charge in [-0.1, -0.05) is 32.0 Å². The summed E-state index contributed by atoms with van der Waals surface area (Å²) in [6.45, 7) is 4.12. The molecule has 1 saturated carbocycles. The van der Waals surface area contributed by atoms with Crippen LogP contribution in [-0.4, -0.2) is 39.6 Å². The second-order valence-corrected chi connectivity index (χ2v) is 8.28. The van der Waals surface area contributed by atoms with Crippen LogP contribution >= 0.6 is 0 Å². The number of imide groups is 1. The number of hydrogen-bond donors (Lipinski definition) is 0.